The molecule has 0 saturated carbocycles. The number of carbonyl (C=O) groups excluding carboxylic acids is 2. The van der Waals surface area contributed by atoms with Crippen LogP contribution in [0.5, 0.6) is 0 Å². The molecule has 3 rings (SSSR count). The van der Waals surface area contributed by atoms with Crippen molar-refractivity contribution in [2.24, 2.45) is 18.9 Å². The lowest BCUT2D eigenvalue weighted by molar-refractivity contribution is -0.137. The number of aryl methyl sites for hydroxylation is 3. The number of nitrogens with one attached hydrogen (secondary N) is 1. The average molecular weight is 387 g/mol. The Hall–Kier alpha value is -2.64. The van der Waals surface area contributed by atoms with E-state index in [1.54, 1.807) is 17.1 Å². The van der Waals surface area contributed by atoms with Crippen LogP contribution in [-0.4, -0.2) is 49.4 Å². The van der Waals surface area contributed by atoms with Gasteiger partial charge in [-0.1, -0.05) is 6.92 Å². The molecule has 152 valence electrons. The molecule has 0 spiro atoms. The molecule has 1 aliphatic heterocycles. The van der Waals surface area contributed by atoms with Crippen molar-refractivity contribution in [3.05, 3.63) is 29.8 Å². The van der Waals surface area contributed by atoms with Crippen molar-refractivity contribution < 1.29 is 9.59 Å². The van der Waals surface area contributed by atoms with Crippen molar-refractivity contribution in [2.75, 3.05) is 18.4 Å². The molecule has 8 heteroatoms. The number of carbonyl (C=O) groups is 2. The third-order valence-electron chi connectivity index (χ3n) is 5.36. The second-order valence-electron chi connectivity index (χ2n) is 7.93. The lowest BCUT2D eigenvalue weighted by Gasteiger charge is -2.33. The molecule has 3 heterocycles. The highest BCUT2D eigenvalue weighted by Crippen LogP contribution is 2.23. The molecule has 0 aliphatic carbocycles. The van der Waals surface area contributed by atoms with Crippen molar-refractivity contribution >= 4 is 17.5 Å². The first kappa shape index (κ1) is 20.1. The second-order valence-corrected chi connectivity index (χ2v) is 7.93. The summed E-state index contributed by atoms with van der Waals surface area (Å²) in [6.45, 7) is 7.97. The average Bonchev–Trinajstić information content (AvgIpc) is 3.19. The molecule has 0 aromatic carbocycles. The van der Waals surface area contributed by atoms with Crippen LogP contribution in [0.2, 0.25) is 0 Å². The standard InChI is InChI=1S/C20H30N6O2/c1-14(12-26-16(3)9-15(2)23-26)20(28)25-7-5-17(6-8-25)10-19(27)22-18-11-21-24(4)13-18/h9,11,13-14,17H,5-8,10,12H2,1-4H3,(H,22,27). The lowest BCUT2D eigenvalue weighted by Crippen LogP contribution is -2.42. The minimum Gasteiger partial charge on any atom is -0.342 e. The molecular formula is C20H30N6O2. The van der Waals surface area contributed by atoms with Gasteiger partial charge in [0.15, 0.2) is 0 Å². The highest BCUT2D eigenvalue weighted by Gasteiger charge is 2.27. The highest BCUT2D eigenvalue weighted by molar-refractivity contribution is 5.90. The van der Waals surface area contributed by atoms with E-state index in [0.29, 0.717) is 32.0 Å². The topological polar surface area (TPSA) is 85.0 Å². The number of likely N-dealkylation sites (tertiary alicyclic amines) is 1. The Bertz CT molecular complexity index is 832. The predicted molar refractivity (Wildman–Crippen MR) is 107 cm³/mol. The smallest absolute Gasteiger partial charge is 0.227 e. The van der Waals surface area contributed by atoms with E-state index in [1.165, 1.54) is 0 Å². The van der Waals surface area contributed by atoms with Gasteiger partial charge in [0.25, 0.3) is 0 Å². The maximum atomic E-state index is 12.8. The van der Waals surface area contributed by atoms with Gasteiger partial charge in [-0.2, -0.15) is 10.2 Å². The minimum absolute atomic E-state index is 0.00988. The number of rotatable bonds is 6. The van der Waals surface area contributed by atoms with Gasteiger partial charge in [-0.05, 0) is 38.7 Å². The molecular weight excluding hydrogens is 356 g/mol. The van der Waals surface area contributed by atoms with Gasteiger partial charge in [-0.25, -0.2) is 0 Å². The Morgan fingerprint density at radius 3 is 2.57 bits per heavy atom. The number of hydrogen-bond acceptors (Lipinski definition) is 4. The lowest BCUT2D eigenvalue weighted by atomic mass is 9.92. The number of nitrogens with zero attached hydrogens (tertiary/aromatic N) is 5. The molecule has 2 aromatic heterocycles. The van der Waals surface area contributed by atoms with Crippen molar-refractivity contribution in [1.29, 1.82) is 0 Å². The number of hydrogen-bond donors (Lipinski definition) is 1. The van der Waals surface area contributed by atoms with Crippen LogP contribution in [0.15, 0.2) is 18.5 Å². The Labute approximate surface area is 165 Å². The maximum Gasteiger partial charge on any atom is 0.227 e. The van der Waals surface area contributed by atoms with Crippen LogP contribution in [0.1, 0.15) is 37.6 Å². The molecule has 1 atom stereocenters. The van der Waals surface area contributed by atoms with Crippen LogP contribution in [0.4, 0.5) is 5.69 Å². The zero-order valence-electron chi connectivity index (χ0n) is 17.2. The van der Waals surface area contributed by atoms with E-state index in [-0.39, 0.29) is 17.7 Å². The molecule has 1 aliphatic rings. The third-order valence-corrected chi connectivity index (χ3v) is 5.36. The van der Waals surface area contributed by atoms with Gasteiger partial charge in [0.1, 0.15) is 0 Å². The normalized spacial score (nSPS) is 16.2. The molecule has 0 radical (unpaired) electrons. The summed E-state index contributed by atoms with van der Waals surface area (Å²) in [6, 6.07) is 2.03. The molecule has 1 fully saturated rings. The first-order chi connectivity index (χ1) is 13.3. The van der Waals surface area contributed by atoms with Crippen LogP contribution < -0.4 is 5.32 Å². The van der Waals surface area contributed by atoms with E-state index in [4.69, 9.17) is 0 Å². The van der Waals surface area contributed by atoms with Crippen LogP contribution in [0.3, 0.4) is 0 Å². The van der Waals surface area contributed by atoms with Gasteiger partial charge >= 0.3 is 0 Å². The molecule has 2 aromatic rings. The van der Waals surface area contributed by atoms with Gasteiger partial charge in [0, 0.05) is 38.4 Å². The summed E-state index contributed by atoms with van der Waals surface area (Å²) in [7, 11) is 1.82. The monoisotopic (exact) mass is 386 g/mol. The van der Waals surface area contributed by atoms with Crippen molar-refractivity contribution in [3.8, 4) is 0 Å². The summed E-state index contributed by atoms with van der Waals surface area (Å²) < 4.78 is 3.57. The Morgan fingerprint density at radius 2 is 2.00 bits per heavy atom. The van der Waals surface area contributed by atoms with Gasteiger partial charge in [-0.3, -0.25) is 19.0 Å². The molecule has 1 saturated heterocycles. The fourth-order valence-electron chi connectivity index (χ4n) is 3.83. The van der Waals surface area contributed by atoms with E-state index in [1.807, 2.05) is 43.5 Å². The van der Waals surface area contributed by atoms with Gasteiger partial charge in [0.2, 0.25) is 11.8 Å². The summed E-state index contributed by atoms with van der Waals surface area (Å²) in [4.78, 5) is 26.9. The van der Waals surface area contributed by atoms with Crippen molar-refractivity contribution in [3.63, 3.8) is 0 Å². The molecule has 2 amide bonds. The van der Waals surface area contributed by atoms with Crippen LogP contribution in [0.25, 0.3) is 0 Å². The summed E-state index contributed by atoms with van der Waals surface area (Å²) >= 11 is 0. The summed E-state index contributed by atoms with van der Waals surface area (Å²) in [5, 5.41) is 11.4. The zero-order chi connectivity index (χ0) is 20.3. The van der Waals surface area contributed by atoms with Crippen LogP contribution >= 0.6 is 0 Å². The first-order valence-corrected chi connectivity index (χ1v) is 9.90. The van der Waals surface area contributed by atoms with E-state index < -0.39 is 0 Å². The molecule has 1 unspecified atom stereocenters. The number of aromatic nitrogens is 4. The van der Waals surface area contributed by atoms with Gasteiger partial charge in [-0.15, -0.1) is 0 Å². The number of anilines is 1. The Morgan fingerprint density at radius 1 is 1.29 bits per heavy atom. The second kappa shape index (κ2) is 8.58. The van der Waals surface area contributed by atoms with E-state index in [0.717, 1.165) is 29.9 Å². The molecule has 0 bridgehead atoms. The Balaban J connectivity index is 1.44. The Kier molecular flexibility index (Phi) is 6.16. The summed E-state index contributed by atoms with van der Waals surface area (Å²) in [6.07, 6.45) is 5.63. The minimum atomic E-state index is -0.108. The predicted octanol–water partition coefficient (Wildman–Crippen LogP) is 2.14. The van der Waals surface area contributed by atoms with E-state index in [9.17, 15) is 9.59 Å². The van der Waals surface area contributed by atoms with Crippen molar-refractivity contribution in [1.82, 2.24) is 24.5 Å². The largest absolute Gasteiger partial charge is 0.342 e. The SMILES string of the molecule is Cc1cc(C)n(CC(C)C(=O)N2CCC(CC(=O)Nc3cnn(C)c3)CC2)n1. The van der Waals surface area contributed by atoms with Crippen molar-refractivity contribution in [2.45, 2.75) is 46.6 Å². The quantitative estimate of drug-likeness (QED) is 0.824. The number of amides is 2. The molecule has 1 N–H and O–H groups in total. The van der Waals surface area contributed by atoms with Crippen LogP contribution in [0, 0.1) is 25.7 Å². The van der Waals surface area contributed by atoms with Gasteiger partial charge in [0.05, 0.1) is 30.0 Å². The summed E-state index contributed by atoms with van der Waals surface area (Å²) in [5.41, 5.74) is 2.77. The van der Waals surface area contributed by atoms with Crippen LogP contribution in [-0.2, 0) is 23.2 Å². The first-order valence-electron chi connectivity index (χ1n) is 9.90. The third kappa shape index (κ3) is 4.99. The number of piperidine rings is 1. The van der Waals surface area contributed by atoms with Gasteiger partial charge < -0.3 is 10.2 Å². The maximum absolute atomic E-state index is 12.8. The van der Waals surface area contributed by atoms with E-state index >= 15 is 0 Å². The fraction of sp³-hybridized carbons (Fsp3) is 0.600. The van der Waals surface area contributed by atoms with E-state index in [2.05, 4.69) is 15.5 Å². The highest BCUT2D eigenvalue weighted by atomic mass is 16.2. The molecule has 28 heavy (non-hydrogen) atoms. The fourth-order valence-corrected chi connectivity index (χ4v) is 3.83. The summed E-state index contributed by atoms with van der Waals surface area (Å²) in [5.74, 6) is 0.386. The molecule has 8 nitrogen and oxygen atoms in total. The zero-order valence-corrected chi connectivity index (χ0v) is 17.2.